The summed E-state index contributed by atoms with van der Waals surface area (Å²) in [7, 11) is 0. The molecule has 2 aromatic carbocycles. The number of alkyl halides is 3. The fourth-order valence-electron chi connectivity index (χ4n) is 3.79. The van der Waals surface area contributed by atoms with Gasteiger partial charge in [0.1, 0.15) is 5.69 Å². The van der Waals surface area contributed by atoms with E-state index in [0.717, 1.165) is 17.1 Å². The third-order valence-corrected chi connectivity index (χ3v) is 6.55. The molecule has 0 unspecified atom stereocenters. The predicted octanol–water partition coefficient (Wildman–Crippen LogP) is 5.94. The minimum atomic E-state index is -4.47. The number of halogens is 3. The van der Waals surface area contributed by atoms with Gasteiger partial charge >= 0.3 is 12.3 Å². The number of aromatic nitrogens is 1. The highest BCUT2D eigenvalue weighted by Gasteiger charge is 2.31. The Labute approximate surface area is 191 Å². The van der Waals surface area contributed by atoms with Crippen LogP contribution in [0.2, 0.25) is 0 Å². The molecule has 6 nitrogen and oxygen atoms in total. The monoisotopic (exact) mass is 475 g/mol. The number of hydrogen-bond donors (Lipinski definition) is 2. The Hall–Kier alpha value is -3.40. The first-order chi connectivity index (χ1) is 15.7. The summed E-state index contributed by atoms with van der Waals surface area (Å²) in [6.07, 6.45) is -4.13. The number of carboxylic acid groups (broad SMARTS) is 1. The highest BCUT2D eigenvalue weighted by atomic mass is 32.1. The van der Waals surface area contributed by atoms with Crippen LogP contribution in [0.5, 0.6) is 0 Å². The van der Waals surface area contributed by atoms with Crippen molar-refractivity contribution in [3.8, 4) is 11.1 Å². The van der Waals surface area contributed by atoms with E-state index < -0.39 is 23.7 Å². The predicted molar refractivity (Wildman–Crippen MR) is 119 cm³/mol. The maximum absolute atomic E-state index is 13.1. The van der Waals surface area contributed by atoms with E-state index >= 15 is 0 Å². The maximum Gasteiger partial charge on any atom is 0.416 e. The number of rotatable bonds is 4. The number of hydrogen-bond acceptors (Lipinski definition) is 4. The summed E-state index contributed by atoms with van der Waals surface area (Å²) in [6.45, 7) is 0.844. The standard InChI is InChI=1S/C23H20F3N3O3S/c24-23(25,26)16-5-3-4-15(12-16)17-6-1-2-7-18(17)27-20(30)19-13-33-21(28-19)14-8-10-29(11-9-14)22(31)32/h1-7,12-14H,8-11H2,(H,27,30)(H,31,32). The molecule has 2 amide bonds. The molecule has 1 aliphatic heterocycles. The van der Waals surface area contributed by atoms with Crippen molar-refractivity contribution in [2.45, 2.75) is 24.9 Å². The van der Waals surface area contributed by atoms with Gasteiger partial charge in [0.05, 0.1) is 10.6 Å². The van der Waals surface area contributed by atoms with Crippen molar-refractivity contribution in [1.82, 2.24) is 9.88 Å². The summed E-state index contributed by atoms with van der Waals surface area (Å²) < 4.78 is 39.4. The number of para-hydroxylation sites is 1. The van der Waals surface area contributed by atoms with E-state index in [1.165, 1.54) is 22.3 Å². The lowest BCUT2D eigenvalue weighted by atomic mass is 9.98. The quantitative estimate of drug-likeness (QED) is 0.489. The molecule has 1 saturated heterocycles. The zero-order valence-electron chi connectivity index (χ0n) is 17.3. The summed E-state index contributed by atoms with van der Waals surface area (Å²) in [4.78, 5) is 29.7. The topological polar surface area (TPSA) is 82.5 Å². The van der Waals surface area contributed by atoms with Crippen molar-refractivity contribution in [2.75, 3.05) is 18.4 Å². The summed E-state index contributed by atoms with van der Waals surface area (Å²) >= 11 is 1.35. The summed E-state index contributed by atoms with van der Waals surface area (Å²) in [5.41, 5.74) is 0.637. The van der Waals surface area contributed by atoms with Crippen LogP contribution < -0.4 is 5.32 Å². The second-order valence-electron chi connectivity index (χ2n) is 7.69. The van der Waals surface area contributed by atoms with Crippen LogP contribution in [0.1, 0.15) is 39.8 Å². The maximum atomic E-state index is 13.1. The lowest BCUT2D eigenvalue weighted by Gasteiger charge is -2.28. The van der Waals surface area contributed by atoms with Crippen LogP contribution in [0, 0.1) is 0 Å². The Morgan fingerprint density at radius 3 is 2.52 bits per heavy atom. The summed E-state index contributed by atoms with van der Waals surface area (Å²) in [5, 5.41) is 14.3. The number of nitrogens with one attached hydrogen (secondary N) is 1. The average Bonchev–Trinajstić information content (AvgIpc) is 3.30. The van der Waals surface area contributed by atoms with E-state index in [1.807, 2.05) is 0 Å². The molecule has 0 spiro atoms. The second kappa shape index (κ2) is 9.22. The van der Waals surface area contributed by atoms with Crippen LogP contribution >= 0.6 is 11.3 Å². The number of carbonyl (C=O) groups excluding carboxylic acids is 1. The van der Waals surface area contributed by atoms with Crippen LogP contribution in [0.4, 0.5) is 23.7 Å². The molecule has 1 aromatic heterocycles. The number of likely N-dealkylation sites (tertiary alicyclic amines) is 1. The van der Waals surface area contributed by atoms with E-state index in [2.05, 4.69) is 10.3 Å². The smallest absolute Gasteiger partial charge is 0.416 e. The first kappa shape index (κ1) is 22.8. The van der Waals surface area contributed by atoms with Crippen molar-refractivity contribution in [3.05, 3.63) is 70.2 Å². The number of benzene rings is 2. The van der Waals surface area contributed by atoms with Gasteiger partial charge in [-0.1, -0.05) is 30.3 Å². The lowest BCUT2D eigenvalue weighted by molar-refractivity contribution is -0.137. The number of thiazole rings is 1. The van der Waals surface area contributed by atoms with Gasteiger partial charge in [0.2, 0.25) is 0 Å². The van der Waals surface area contributed by atoms with Crippen molar-refractivity contribution < 1.29 is 27.9 Å². The Kier molecular flexibility index (Phi) is 6.37. The largest absolute Gasteiger partial charge is 0.465 e. The van der Waals surface area contributed by atoms with Crippen molar-refractivity contribution in [2.24, 2.45) is 0 Å². The molecule has 0 atom stereocenters. The van der Waals surface area contributed by atoms with E-state index in [-0.39, 0.29) is 11.6 Å². The van der Waals surface area contributed by atoms with Gasteiger partial charge in [-0.25, -0.2) is 9.78 Å². The Bertz CT molecular complexity index is 1170. The van der Waals surface area contributed by atoms with Gasteiger partial charge in [-0.05, 0) is 36.6 Å². The molecule has 1 fully saturated rings. The number of anilines is 1. The minimum absolute atomic E-state index is 0.0875. The Morgan fingerprint density at radius 1 is 1.09 bits per heavy atom. The van der Waals surface area contributed by atoms with E-state index in [1.54, 1.807) is 35.7 Å². The van der Waals surface area contributed by atoms with E-state index in [4.69, 9.17) is 5.11 Å². The SMILES string of the molecule is O=C(Nc1ccccc1-c1cccc(C(F)(F)F)c1)c1csc(C2CCN(C(=O)O)CC2)n1. The first-order valence-corrected chi connectivity index (χ1v) is 11.1. The third-order valence-electron chi connectivity index (χ3n) is 5.55. The van der Waals surface area contributed by atoms with Crippen LogP contribution in [-0.2, 0) is 6.18 Å². The number of amides is 2. The zero-order chi connectivity index (χ0) is 23.6. The summed E-state index contributed by atoms with van der Waals surface area (Å²) in [6, 6.07) is 11.6. The average molecular weight is 475 g/mol. The van der Waals surface area contributed by atoms with E-state index in [9.17, 15) is 22.8 Å². The van der Waals surface area contributed by atoms with Crippen LogP contribution in [0.3, 0.4) is 0 Å². The van der Waals surface area contributed by atoms with Crippen LogP contribution in [-0.4, -0.2) is 40.1 Å². The lowest BCUT2D eigenvalue weighted by Crippen LogP contribution is -2.36. The molecule has 0 aliphatic carbocycles. The molecule has 3 aromatic rings. The van der Waals surface area contributed by atoms with Crippen LogP contribution in [0.25, 0.3) is 11.1 Å². The zero-order valence-corrected chi connectivity index (χ0v) is 18.1. The number of piperidine rings is 1. The molecule has 4 rings (SSSR count). The van der Waals surface area contributed by atoms with Gasteiger partial charge in [-0.3, -0.25) is 4.79 Å². The number of carbonyl (C=O) groups is 2. The first-order valence-electron chi connectivity index (χ1n) is 10.2. The normalized spacial score (nSPS) is 14.8. The molecule has 0 saturated carbocycles. The highest BCUT2D eigenvalue weighted by Crippen LogP contribution is 2.35. The van der Waals surface area contributed by atoms with E-state index in [0.29, 0.717) is 42.7 Å². The minimum Gasteiger partial charge on any atom is -0.465 e. The van der Waals surface area contributed by atoms with Crippen molar-refractivity contribution in [1.29, 1.82) is 0 Å². The van der Waals surface area contributed by atoms with Crippen molar-refractivity contribution >= 4 is 29.0 Å². The Balaban J connectivity index is 1.50. The van der Waals surface area contributed by atoms with Gasteiger partial charge < -0.3 is 15.3 Å². The van der Waals surface area contributed by atoms with Gasteiger partial charge in [0, 0.05) is 35.6 Å². The van der Waals surface area contributed by atoms with Crippen molar-refractivity contribution in [3.63, 3.8) is 0 Å². The highest BCUT2D eigenvalue weighted by molar-refractivity contribution is 7.10. The molecule has 2 heterocycles. The molecule has 2 N–H and O–H groups in total. The molecular formula is C23H20F3N3O3S. The molecule has 33 heavy (non-hydrogen) atoms. The molecule has 0 radical (unpaired) electrons. The summed E-state index contributed by atoms with van der Waals surface area (Å²) in [5.74, 6) is -0.371. The molecule has 0 bridgehead atoms. The fourth-order valence-corrected chi connectivity index (χ4v) is 4.76. The molecular weight excluding hydrogens is 455 g/mol. The number of nitrogens with zero attached hydrogens (tertiary/aromatic N) is 2. The molecule has 10 heteroatoms. The molecule has 172 valence electrons. The van der Waals surface area contributed by atoms with Gasteiger partial charge in [0.15, 0.2) is 0 Å². The Morgan fingerprint density at radius 2 is 1.82 bits per heavy atom. The van der Waals surface area contributed by atoms with Crippen LogP contribution in [0.15, 0.2) is 53.9 Å². The third kappa shape index (κ3) is 5.16. The fraction of sp³-hybridized carbons (Fsp3) is 0.261. The molecule has 1 aliphatic rings. The van der Waals surface area contributed by atoms with Gasteiger partial charge in [-0.15, -0.1) is 11.3 Å². The van der Waals surface area contributed by atoms with Gasteiger partial charge in [0.25, 0.3) is 5.91 Å². The second-order valence-corrected chi connectivity index (χ2v) is 8.58. The van der Waals surface area contributed by atoms with Gasteiger partial charge in [-0.2, -0.15) is 13.2 Å².